The fraction of sp³-hybridized carbons (Fsp3) is 0.357. The number of nitrogens with zero attached hydrogens (tertiary/aromatic N) is 2. The van der Waals surface area contributed by atoms with Crippen molar-refractivity contribution in [3.8, 4) is 11.1 Å². The maximum Gasteiger partial charge on any atom is 0.329 e. The number of hydrogen-bond acceptors (Lipinski definition) is 6. The number of urea groups is 1. The molecule has 0 bridgehead atoms. The standard InChI is InChI=1S/C28H34N4O4S2/c1-19(2)15-23-16-24(25(37-23)38(34,35)31-27(33)30-17-22-7-6-14-36-22)21-10-8-20(9-11-21)18-32-13-12-29-26(32)28(3,4)5/h6-14,16,19H,15,17-18H2,1-5H3,(H2,30,31,33). The third kappa shape index (κ3) is 6.73. The summed E-state index contributed by atoms with van der Waals surface area (Å²) >= 11 is 1.20. The second-order valence-electron chi connectivity index (χ2n) is 10.7. The smallest absolute Gasteiger partial charge is 0.329 e. The summed E-state index contributed by atoms with van der Waals surface area (Å²) < 4.78 is 36.2. The second-order valence-corrected chi connectivity index (χ2v) is 13.7. The number of carbonyl (C=O) groups is 1. The van der Waals surface area contributed by atoms with Gasteiger partial charge in [-0.3, -0.25) is 0 Å². The molecular formula is C28H34N4O4S2. The second kappa shape index (κ2) is 11.2. The summed E-state index contributed by atoms with van der Waals surface area (Å²) in [6.45, 7) is 11.3. The van der Waals surface area contributed by atoms with Crippen LogP contribution in [-0.4, -0.2) is 24.0 Å². The molecule has 3 heterocycles. The van der Waals surface area contributed by atoms with Crippen LogP contribution in [0.5, 0.6) is 0 Å². The van der Waals surface area contributed by atoms with Gasteiger partial charge in [0.25, 0.3) is 10.0 Å². The summed E-state index contributed by atoms with van der Waals surface area (Å²) in [6.07, 6.45) is 6.01. The molecule has 0 aliphatic carbocycles. The van der Waals surface area contributed by atoms with Gasteiger partial charge in [0.2, 0.25) is 0 Å². The quantitative estimate of drug-likeness (QED) is 0.266. The fourth-order valence-electron chi connectivity index (χ4n) is 4.18. The highest BCUT2D eigenvalue weighted by atomic mass is 32.2. The van der Waals surface area contributed by atoms with Crippen molar-refractivity contribution >= 4 is 27.4 Å². The molecule has 202 valence electrons. The highest BCUT2D eigenvalue weighted by Crippen LogP contribution is 2.36. The Balaban J connectivity index is 1.57. The van der Waals surface area contributed by atoms with Gasteiger partial charge in [0.05, 0.1) is 12.8 Å². The number of nitrogens with one attached hydrogen (secondary N) is 2. The summed E-state index contributed by atoms with van der Waals surface area (Å²) in [5, 5.41) is 2.53. The molecule has 1 aromatic carbocycles. The lowest BCUT2D eigenvalue weighted by Gasteiger charge is -2.20. The van der Waals surface area contributed by atoms with E-state index in [-0.39, 0.29) is 16.2 Å². The maximum atomic E-state index is 13.3. The van der Waals surface area contributed by atoms with Gasteiger partial charge in [-0.05, 0) is 41.7 Å². The fourth-order valence-corrected chi connectivity index (χ4v) is 7.06. The van der Waals surface area contributed by atoms with E-state index in [0.29, 0.717) is 23.8 Å². The van der Waals surface area contributed by atoms with Gasteiger partial charge < -0.3 is 14.3 Å². The largest absolute Gasteiger partial charge is 0.467 e. The molecule has 8 nitrogen and oxygen atoms in total. The number of hydrogen-bond donors (Lipinski definition) is 2. The number of benzene rings is 1. The minimum absolute atomic E-state index is 0.0759. The van der Waals surface area contributed by atoms with Crippen LogP contribution in [0.1, 0.15) is 56.6 Å². The van der Waals surface area contributed by atoms with E-state index < -0.39 is 16.1 Å². The molecule has 0 atom stereocenters. The molecule has 3 aromatic heterocycles. The van der Waals surface area contributed by atoms with Crippen LogP contribution in [0.4, 0.5) is 4.79 Å². The highest BCUT2D eigenvalue weighted by Gasteiger charge is 2.26. The molecule has 0 saturated heterocycles. The van der Waals surface area contributed by atoms with Crippen molar-refractivity contribution in [3.63, 3.8) is 0 Å². The molecule has 0 spiro atoms. The third-order valence-corrected chi connectivity index (χ3v) is 8.86. The molecule has 2 N–H and O–H groups in total. The van der Waals surface area contributed by atoms with Crippen molar-refractivity contribution in [2.45, 2.75) is 63.8 Å². The Hall–Kier alpha value is -3.37. The van der Waals surface area contributed by atoms with E-state index in [1.165, 1.54) is 17.6 Å². The van der Waals surface area contributed by atoms with Crippen molar-refractivity contribution in [1.82, 2.24) is 19.6 Å². The molecule has 0 aliphatic heterocycles. The third-order valence-electron chi connectivity index (χ3n) is 5.84. The number of sulfonamides is 1. The topological polar surface area (TPSA) is 106 Å². The zero-order chi connectivity index (χ0) is 27.5. The Morgan fingerprint density at radius 3 is 2.53 bits per heavy atom. The van der Waals surface area contributed by atoms with Gasteiger partial charge in [0.15, 0.2) is 0 Å². The Bertz CT molecular complexity index is 1480. The first kappa shape index (κ1) is 27.7. The van der Waals surface area contributed by atoms with Crippen LogP contribution in [0.15, 0.2) is 69.7 Å². The zero-order valence-electron chi connectivity index (χ0n) is 22.3. The summed E-state index contributed by atoms with van der Waals surface area (Å²) in [7, 11) is -4.10. The number of thiophene rings is 1. The molecule has 0 aliphatic rings. The minimum Gasteiger partial charge on any atom is -0.467 e. The number of aromatic nitrogens is 2. The monoisotopic (exact) mass is 554 g/mol. The predicted octanol–water partition coefficient (Wildman–Crippen LogP) is 5.94. The number of imidazole rings is 1. The van der Waals surface area contributed by atoms with Gasteiger partial charge in [0.1, 0.15) is 15.8 Å². The molecule has 0 saturated carbocycles. The van der Waals surface area contributed by atoms with Gasteiger partial charge in [-0.1, -0.05) is 58.9 Å². The molecule has 0 radical (unpaired) electrons. The van der Waals surface area contributed by atoms with Crippen LogP contribution in [0.2, 0.25) is 0 Å². The Morgan fingerprint density at radius 1 is 1.16 bits per heavy atom. The molecular weight excluding hydrogens is 520 g/mol. The molecule has 10 heteroatoms. The average molecular weight is 555 g/mol. The number of furan rings is 1. The SMILES string of the molecule is CC(C)Cc1cc(-c2ccc(Cn3ccnc3C(C)(C)C)cc2)c(S(=O)(=O)NC(=O)NCc2ccco2)s1. The van der Waals surface area contributed by atoms with E-state index in [9.17, 15) is 13.2 Å². The zero-order valence-corrected chi connectivity index (χ0v) is 23.9. The molecule has 0 unspecified atom stereocenters. The first-order valence-corrected chi connectivity index (χ1v) is 14.8. The summed E-state index contributed by atoms with van der Waals surface area (Å²) in [5.74, 6) is 1.89. The van der Waals surface area contributed by atoms with Crippen LogP contribution in [-0.2, 0) is 34.9 Å². The number of carbonyl (C=O) groups excluding carboxylic acids is 1. The lowest BCUT2D eigenvalue weighted by atomic mass is 9.95. The van der Waals surface area contributed by atoms with Gasteiger partial charge >= 0.3 is 6.03 Å². The van der Waals surface area contributed by atoms with Gasteiger partial charge in [-0.25, -0.2) is 22.9 Å². The van der Waals surface area contributed by atoms with Crippen LogP contribution in [0.25, 0.3) is 11.1 Å². The van der Waals surface area contributed by atoms with Crippen LogP contribution < -0.4 is 10.0 Å². The Labute approximate surface area is 228 Å². The summed E-state index contributed by atoms with van der Waals surface area (Å²) in [6, 6.07) is 12.4. The predicted molar refractivity (Wildman–Crippen MR) is 150 cm³/mol. The van der Waals surface area contributed by atoms with Crippen molar-refractivity contribution in [1.29, 1.82) is 0 Å². The Kier molecular flexibility index (Phi) is 8.13. The average Bonchev–Trinajstić information content (AvgIpc) is 3.58. The first-order chi connectivity index (χ1) is 17.9. The van der Waals surface area contributed by atoms with Crippen LogP contribution in [0.3, 0.4) is 0 Å². The van der Waals surface area contributed by atoms with Gasteiger partial charge in [-0.2, -0.15) is 0 Å². The number of rotatable bonds is 9. The molecule has 38 heavy (non-hydrogen) atoms. The summed E-state index contributed by atoms with van der Waals surface area (Å²) in [5.41, 5.74) is 2.36. The van der Waals surface area contributed by atoms with E-state index in [1.54, 1.807) is 12.1 Å². The first-order valence-electron chi connectivity index (χ1n) is 12.5. The van der Waals surface area contributed by atoms with Crippen molar-refractivity contribution in [3.05, 3.63) is 83.1 Å². The van der Waals surface area contributed by atoms with E-state index in [4.69, 9.17) is 4.42 Å². The van der Waals surface area contributed by atoms with Crippen molar-refractivity contribution in [2.75, 3.05) is 0 Å². The molecule has 0 fully saturated rings. The van der Waals surface area contributed by atoms with Gasteiger partial charge in [0, 0.05) is 34.8 Å². The van der Waals surface area contributed by atoms with E-state index in [0.717, 1.165) is 28.2 Å². The molecule has 4 rings (SSSR count). The molecule has 4 aromatic rings. The number of amides is 2. The van der Waals surface area contributed by atoms with E-state index >= 15 is 0 Å². The van der Waals surface area contributed by atoms with Crippen LogP contribution >= 0.6 is 11.3 Å². The van der Waals surface area contributed by atoms with Crippen molar-refractivity contribution < 1.29 is 17.6 Å². The minimum atomic E-state index is -4.10. The summed E-state index contributed by atoms with van der Waals surface area (Å²) in [4.78, 5) is 17.9. The van der Waals surface area contributed by atoms with Crippen molar-refractivity contribution in [2.24, 2.45) is 5.92 Å². The van der Waals surface area contributed by atoms with Gasteiger partial charge in [-0.15, -0.1) is 11.3 Å². The molecule has 2 amide bonds. The normalized spacial score (nSPS) is 12.2. The maximum absolute atomic E-state index is 13.3. The Morgan fingerprint density at radius 2 is 1.89 bits per heavy atom. The van der Waals surface area contributed by atoms with E-state index in [2.05, 4.69) is 54.2 Å². The van der Waals surface area contributed by atoms with Crippen LogP contribution in [0, 0.1) is 5.92 Å². The highest BCUT2D eigenvalue weighted by molar-refractivity contribution is 7.92. The lowest BCUT2D eigenvalue weighted by molar-refractivity contribution is 0.244. The lowest BCUT2D eigenvalue weighted by Crippen LogP contribution is -2.38. The van der Waals surface area contributed by atoms with E-state index in [1.807, 2.05) is 42.7 Å².